The van der Waals surface area contributed by atoms with Crippen molar-refractivity contribution in [3.63, 3.8) is 0 Å². The third-order valence-electron chi connectivity index (χ3n) is 4.86. The highest BCUT2D eigenvalue weighted by Gasteiger charge is 2.24. The molecule has 1 aromatic carbocycles. The molecule has 0 aliphatic carbocycles. The van der Waals surface area contributed by atoms with Gasteiger partial charge in [0, 0.05) is 26.2 Å². The van der Waals surface area contributed by atoms with Crippen LogP contribution in [0.2, 0.25) is 0 Å². The van der Waals surface area contributed by atoms with E-state index in [9.17, 15) is 0 Å². The molecule has 1 atom stereocenters. The summed E-state index contributed by atoms with van der Waals surface area (Å²) in [6.07, 6.45) is 1.23. The van der Waals surface area contributed by atoms with Crippen molar-refractivity contribution in [2.24, 2.45) is 5.92 Å². The standard InChI is InChI=1S/C18H23N7/c1-2-24(18-9-8-17-19-21-22-25(17)20-18)14-16-10-11-23(13-16)12-15-6-4-3-5-7-15/h3-9,16H,2,10-14H2,1H3. The molecule has 1 aliphatic rings. The van der Waals surface area contributed by atoms with E-state index < -0.39 is 0 Å². The van der Waals surface area contributed by atoms with Crippen molar-refractivity contribution in [3.8, 4) is 0 Å². The van der Waals surface area contributed by atoms with Crippen molar-refractivity contribution >= 4 is 11.5 Å². The molecular formula is C18H23N7. The Bertz CT molecular complexity index is 816. The Hall–Kier alpha value is -2.54. The van der Waals surface area contributed by atoms with Gasteiger partial charge >= 0.3 is 0 Å². The van der Waals surface area contributed by atoms with Crippen LogP contribution >= 0.6 is 0 Å². The van der Waals surface area contributed by atoms with Crippen LogP contribution in [-0.4, -0.2) is 56.3 Å². The van der Waals surface area contributed by atoms with Crippen molar-refractivity contribution in [2.45, 2.75) is 19.9 Å². The summed E-state index contributed by atoms with van der Waals surface area (Å²) in [5, 5.41) is 16.0. The van der Waals surface area contributed by atoms with Crippen LogP contribution in [0.1, 0.15) is 18.9 Å². The third-order valence-corrected chi connectivity index (χ3v) is 4.86. The minimum Gasteiger partial charge on any atom is -0.355 e. The highest BCUT2D eigenvalue weighted by atomic mass is 15.6. The maximum atomic E-state index is 4.53. The number of hydrogen-bond acceptors (Lipinski definition) is 6. The number of anilines is 1. The van der Waals surface area contributed by atoms with Crippen LogP contribution in [0.5, 0.6) is 0 Å². The van der Waals surface area contributed by atoms with Gasteiger partial charge in [-0.05, 0) is 53.9 Å². The minimum absolute atomic E-state index is 0.662. The topological polar surface area (TPSA) is 62.5 Å². The van der Waals surface area contributed by atoms with E-state index in [1.165, 1.54) is 16.6 Å². The molecule has 0 bridgehead atoms. The molecule has 0 amide bonds. The van der Waals surface area contributed by atoms with Crippen molar-refractivity contribution in [2.75, 3.05) is 31.1 Å². The number of rotatable bonds is 6. The summed E-state index contributed by atoms with van der Waals surface area (Å²) in [6, 6.07) is 14.6. The Kier molecular flexibility index (Phi) is 4.56. The van der Waals surface area contributed by atoms with Gasteiger partial charge in [0.05, 0.1) is 0 Å². The summed E-state index contributed by atoms with van der Waals surface area (Å²) in [7, 11) is 0. The number of nitrogens with zero attached hydrogens (tertiary/aromatic N) is 7. The van der Waals surface area contributed by atoms with Crippen LogP contribution in [0.25, 0.3) is 5.65 Å². The summed E-state index contributed by atoms with van der Waals surface area (Å²) in [5.41, 5.74) is 2.07. The fourth-order valence-electron chi connectivity index (χ4n) is 3.55. The Balaban J connectivity index is 1.38. The first-order valence-corrected chi connectivity index (χ1v) is 8.88. The maximum Gasteiger partial charge on any atom is 0.200 e. The maximum absolute atomic E-state index is 4.53. The fraction of sp³-hybridized carbons (Fsp3) is 0.444. The lowest BCUT2D eigenvalue weighted by Crippen LogP contribution is -2.32. The lowest BCUT2D eigenvalue weighted by molar-refractivity contribution is 0.317. The summed E-state index contributed by atoms with van der Waals surface area (Å²) < 4.78 is 1.49. The Labute approximate surface area is 147 Å². The van der Waals surface area contributed by atoms with Crippen LogP contribution < -0.4 is 4.90 Å². The fourth-order valence-corrected chi connectivity index (χ4v) is 3.55. The second-order valence-electron chi connectivity index (χ2n) is 6.63. The molecule has 3 aromatic rings. The predicted molar refractivity (Wildman–Crippen MR) is 96.3 cm³/mol. The highest BCUT2D eigenvalue weighted by molar-refractivity contribution is 5.44. The monoisotopic (exact) mass is 337 g/mol. The number of hydrogen-bond donors (Lipinski definition) is 0. The molecule has 2 aromatic heterocycles. The molecule has 0 N–H and O–H groups in total. The summed E-state index contributed by atoms with van der Waals surface area (Å²) in [4.78, 5) is 4.86. The Morgan fingerprint density at radius 3 is 2.88 bits per heavy atom. The van der Waals surface area contributed by atoms with Gasteiger partial charge in [0.25, 0.3) is 0 Å². The number of aromatic nitrogens is 5. The molecule has 1 unspecified atom stereocenters. The van der Waals surface area contributed by atoms with Gasteiger partial charge in [0.1, 0.15) is 0 Å². The molecule has 1 saturated heterocycles. The van der Waals surface area contributed by atoms with Crippen molar-refractivity contribution in [1.82, 2.24) is 30.2 Å². The predicted octanol–water partition coefficient (Wildman–Crippen LogP) is 1.87. The van der Waals surface area contributed by atoms with E-state index in [2.05, 4.69) is 67.7 Å². The first kappa shape index (κ1) is 16.0. The molecule has 1 fully saturated rings. The van der Waals surface area contributed by atoms with E-state index >= 15 is 0 Å². The average molecular weight is 337 g/mol. The van der Waals surface area contributed by atoms with Crippen molar-refractivity contribution in [3.05, 3.63) is 48.0 Å². The lowest BCUT2D eigenvalue weighted by Gasteiger charge is -2.25. The lowest BCUT2D eigenvalue weighted by atomic mass is 10.1. The molecule has 7 heteroatoms. The van der Waals surface area contributed by atoms with E-state index in [0.29, 0.717) is 11.6 Å². The van der Waals surface area contributed by atoms with Gasteiger partial charge in [-0.25, -0.2) is 0 Å². The van der Waals surface area contributed by atoms with E-state index in [1.54, 1.807) is 0 Å². The number of benzene rings is 1. The summed E-state index contributed by atoms with van der Waals surface area (Å²) in [6.45, 7) is 7.45. The molecule has 1 aliphatic heterocycles. The SMILES string of the molecule is CCN(CC1CCN(Cc2ccccc2)C1)c1ccc2nnnn2n1. The van der Waals surface area contributed by atoms with E-state index in [-0.39, 0.29) is 0 Å². The van der Waals surface area contributed by atoms with Crippen LogP contribution in [0.15, 0.2) is 42.5 Å². The largest absolute Gasteiger partial charge is 0.355 e. The molecule has 130 valence electrons. The second-order valence-corrected chi connectivity index (χ2v) is 6.63. The van der Waals surface area contributed by atoms with Gasteiger partial charge in [-0.15, -0.1) is 14.8 Å². The highest BCUT2D eigenvalue weighted by Crippen LogP contribution is 2.22. The molecule has 0 saturated carbocycles. The minimum atomic E-state index is 0.662. The smallest absolute Gasteiger partial charge is 0.200 e. The zero-order valence-corrected chi connectivity index (χ0v) is 14.5. The molecule has 25 heavy (non-hydrogen) atoms. The molecule has 0 spiro atoms. The van der Waals surface area contributed by atoms with E-state index in [1.807, 2.05) is 12.1 Å². The average Bonchev–Trinajstić information content (AvgIpc) is 3.29. The molecule has 4 rings (SSSR count). The van der Waals surface area contributed by atoms with Crippen LogP contribution in [0.4, 0.5) is 5.82 Å². The quantitative estimate of drug-likeness (QED) is 0.684. The number of fused-ring (bicyclic) bond motifs is 1. The molecular weight excluding hydrogens is 314 g/mol. The van der Waals surface area contributed by atoms with Gasteiger partial charge in [0.2, 0.25) is 0 Å². The van der Waals surface area contributed by atoms with E-state index in [4.69, 9.17) is 0 Å². The van der Waals surface area contributed by atoms with Gasteiger partial charge in [-0.2, -0.15) is 0 Å². The van der Waals surface area contributed by atoms with Gasteiger partial charge < -0.3 is 4.90 Å². The zero-order valence-electron chi connectivity index (χ0n) is 14.5. The number of tetrazole rings is 1. The molecule has 0 radical (unpaired) electrons. The van der Waals surface area contributed by atoms with E-state index in [0.717, 1.165) is 38.5 Å². The van der Waals surface area contributed by atoms with Crippen LogP contribution in [0.3, 0.4) is 0 Å². The zero-order chi connectivity index (χ0) is 17.1. The van der Waals surface area contributed by atoms with Crippen molar-refractivity contribution < 1.29 is 0 Å². The summed E-state index contributed by atoms with van der Waals surface area (Å²) in [5.74, 6) is 1.60. The van der Waals surface area contributed by atoms with Gasteiger partial charge in [-0.1, -0.05) is 30.3 Å². The molecule has 7 nitrogen and oxygen atoms in total. The second kappa shape index (κ2) is 7.14. The van der Waals surface area contributed by atoms with Crippen molar-refractivity contribution in [1.29, 1.82) is 0 Å². The van der Waals surface area contributed by atoms with Crippen LogP contribution in [-0.2, 0) is 6.54 Å². The van der Waals surface area contributed by atoms with Gasteiger partial charge in [0.15, 0.2) is 11.5 Å². The van der Waals surface area contributed by atoms with Crippen LogP contribution in [0, 0.1) is 5.92 Å². The normalized spacial score (nSPS) is 18.0. The first-order chi connectivity index (χ1) is 12.3. The summed E-state index contributed by atoms with van der Waals surface area (Å²) >= 11 is 0. The third kappa shape index (κ3) is 3.61. The Morgan fingerprint density at radius 2 is 2.04 bits per heavy atom. The first-order valence-electron chi connectivity index (χ1n) is 8.88. The van der Waals surface area contributed by atoms with Gasteiger partial charge in [-0.3, -0.25) is 4.90 Å². The Morgan fingerprint density at radius 1 is 1.16 bits per heavy atom. The molecule has 3 heterocycles. The number of likely N-dealkylation sites (tertiary alicyclic amines) is 1.